The molecule has 19 heavy (non-hydrogen) atoms. The van der Waals surface area contributed by atoms with Crippen LogP contribution in [0.15, 0.2) is 24.3 Å². The largest absolute Gasteiger partial charge is 0.491 e. The molecule has 1 aliphatic heterocycles. The van der Waals surface area contributed by atoms with Gasteiger partial charge in [-0.05, 0) is 32.0 Å². The van der Waals surface area contributed by atoms with Crippen LogP contribution < -0.4 is 4.74 Å². The Hall–Kier alpha value is -1.26. The molecule has 1 aliphatic rings. The second-order valence-electron chi connectivity index (χ2n) is 4.79. The molecule has 0 amide bonds. The number of para-hydroxylation sites is 1. The number of rotatable bonds is 5. The van der Waals surface area contributed by atoms with Gasteiger partial charge in [0, 0.05) is 12.6 Å². The molecule has 5 heteroatoms. The van der Waals surface area contributed by atoms with Crippen molar-refractivity contribution in [1.82, 2.24) is 4.90 Å². The Balaban J connectivity index is 1.81. The van der Waals surface area contributed by atoms with Crippen molar-refractivity contribution in [2.45, 2.75) is 19.4 Å². The number of carbonyl (C=O) groups is 1. The molecule has 0 spiro atoms. The normalized spacial score (nSPS) is 23.5. The van der Waals surface area contributed by atoms with Gasteiger partial charge in [0.1, 0.15) is 12.4 Å². The van der Waals surface area contributed by atoms with Gasteiger partial charge in [-0.25, -0.2) is 0 Å². The summed E-state index contributed by atoms with van der Waals surface area (Å²) in [5, 5.41) is 9.66. The average molecular weight is 284 g/mol. The maximum absolute atomic E-state index is 11.0. The lowest BCUT2D eigenvalue weighted by molar-refractivity contribution is -0.142. The highest BCUT2D eigenvalue weighted by atomic mass is 35.5. The van der Waals surface area contributed by atoms with Gasteiger partial charge in [-0.15, -0.1) is 0 Å². The van der Waals surface area contributed by atoms with Crippen molar-refractivity contribution in [3.63, 3.8) is 0 Å². The van der Waals surface area contributed by atoms with Crippen LogP contribution in [0.2, 0.25) is 5.02 Å². The van der Waals surface area contributed by atoms with Gasteiger partial charge in [0.15, 0.2) is 0 Å². The molecule has 1 N–H and O–H groups in total. The van der Waals surface area contributed by atoms with Crippen LogP contribution in [0.5, 0.6) is 5.75 Å². The second-order valence-corrected chi connectivity index (χ2v) is 5.20. The van der Waals surface area contributed by atoms with E-state index in [1.807, 2.05) is 25.1 Å². The molecular weight excluding hydrogens is 266 g/mol. The van der Waals surface area contributed by atoms with Gasteiger partial charge in [-0.2, -0.15) is 0 Å². The number of likely N-dealkylation sites (tertiary alicyclic amines) is 1. The van der Waals surface area contributed by atoms with E-state index in [2.05, 4.69) is 4.90 Å². The smallest absolute Gasteiger partial charge is 0.308 e. The van der Waals surface area contributed by atoms with Crippen LogP contribution in [-0.2, 0) is 4.79 Å². The molecule has 104 valence electrons. The van der Waals surface area contributed by atoms with Gasteiger partial charge in [0.25, 0.3) is 0 Å². The number of benzene rings is 1. The third-order valence-electron chi connectivity index (χ3n) is 3.68. The third kappa shape index (κ3) is 3.39. The Kier molecular flexibility index (Phi) is 4.66. The summed E-state index contributed by atoms with van der Waals surface area (Å²) < 4.78 is 5.62. The Morgan fingerprint density at radius 1 is 1.53 bits per heavy atom. The maximum atomic E-state index is 11.0. The highest BCUT2D eigenvalue weighted by molar-refractivity contribution is 6.32. The zero-order valence-electron chi connectivity index (χ0n) is 10.9. The third-order valence-corrected chi connectivity index (χ3v) is 3.99. The summed E-state index contributed by atoms with van der Waals surface area (Å²) >= 11 is 6.00. The Morgan fingerprint density at radius 2 is 2.26 bits per heavy atom. The highest BCUT2D eigenvalue weighted by Gasteiger charge is 2.35. The minimum atomic E-state index is -0.706. The molecule has 1 heterocycles. The van der Waals surface area contributed by atoms with E-state index in [-0.39, 0.29) is 12.0 Å². The molecule has 2 unspecified atom stereocenters. The molecule has 0 radical (unpaired) electrons. The number of carboxylic acids is 1. The number of ether oxygens (including phenoxy) is 1. The van der Waals surface area contributed by atoms with Crippen molar-refractivity contribution in [2.24, 2.45) is 5.92 Å². The van der Waals surface area contributed by atoms with E-state index in [9.17, 15) is 4.79 Å². The molecule has 1 aromatic carbocycles. The van der Waals surface area contributed by atoms with E-state index < -0.39 is 5.97 Å². The van der Waals surface area contributed by atoms with E-state index in [0.717, 1.165) is 13.1 Å². The molecule has 0 aromatic heterocycles. The van der Waals surface area contributed by atoms with E-state index >= 15 is 0 Å². The first-order chi connectivity index (χ1) is 9.09. The van der Waals surface area contributed by atoms with E-state index in [1.165, 1.54) is 0 Å². The Labute approximate surface area is 117 Å². The number of hydrogen-bond donors (Lipinski definition) is 1. The lowest BCUT2D eigenvalue weighted by atomic mass is 10.0. The minimum Gasteiger partial charge on any atom is -0.491 e. The van der Waals surface area contributed by atoms with Crippen molar-refractivity contribution in [3.05, 3.63) is 29.3 Å². The summed E-state index contributed by atoms with van der Waals surface area (Å²) in [6.45, 7) is 4.00. The van der Waals surface area contributed by atoms with E-state index in [1.54, 1.807) is 6.07 Å². The zero-order chi connectivity index (χ0) is 13.8. The van der Waals surface area contributed by atoms with Crippen LogP contribution in [0.1, 0.15) is 13.3 Å². The number of nitrogens with zero attached hydrogens (tertiary/aromatic N) is 1. The molecular formula is C14H18ClNO3. The predicted molar refractivity (Wildman–Crippen MR) is 73.7 cm³/mol. The maximum Gasteiger partial charge on any atom is 0.308 e. The number of hydrogen-bond acceptors (Lipinski definition) is 3. The minimum absolute atomic E-state index is 0.0624. The van der Waals surface area contributed by atoms with Crippen LogP contribution in [0, 0.1) is 5.92 Å². The van der Waals surface area contributed by atoms with Gasteiger partial charge >= 0.3 is 5.97 Å². The van der Waals surface area contributed by atoms with Crippen LogP contribution in [0.25, 0.3) is 0 Å². The van der Waals surface area contributed by atoms with Crippen molar-refractivity contribution < 1.29 is 14.6 Å². The SMILES string of the molecule is CC1C(C(=O)O)CCN1CCOc1ccccc1Cl. The fourth-order valence-electron chi connectivity index (χ4n) is 2.48. The first-order valence-corrected chi connectivity index (χ1v) is 6.81. The Bertz CT molecular complexity index is 452. The second kappa shape index (κ2) is 6.26. The van der Waals surface area contributed by atoms with Gasteiger partial charge in [-0.1, -0.05) is 23.7 Å². The molecule has 0 saturated carbocycles. The molecule has 4 nitrogen and oxygen atoms in total. The first-order valence-electron chi connectivity index (χ1n) is 6.44. The van der Waals surface area contributed by atoms with Gasteiger partial charge < -0.3 is 9.84 Å². The average Bonchev–Trinajstić information content (AvgIpc) is 2.74. The standard InChI is InChI=1S/C14H18ClNO3/c1-10-11(14(17)18)6-7-16(10)8-9-19-13-5-3-2-4-12(13)15/h2-5,10-11H,6-9H2,1H3,(H,17,18). The summed E-state index contributed by atoms with van der Waals surface area (Å²) in [4.78, 5) is 13.2. The van der Waals surface area contributed by atoms with Crippen molar-refractivity contribution in [3.8, 4) is 5.75 Å². The fourth-order valence-corrected chi connectivity index (χ4v) is 2.67. The zero-order valence-corrected chi connectivity index (χ0v) is 11.6. The summed E-state index contributed by atoms with van der Waals surface area (Å²) in [6, 6.07) is 7.41. The molecule has 1 aromatic rings. The van der Waals surface area contributed by atoms with E-state index in [4.69, 9.17) is 21.4 Å². The molecule has 1 saturated heterocycles. The Morgan fingerprint density at radius 3 is 2.89 bits per heavy atom. The van der Waals surface area contributed by atoms with Crippen LogP contribution in [0.4, 0.5) is 0 Å². The predicted octanol–water partition coefficient (Wildman–Crippen LogP) is 2.51. The quantitative estimate of drug-likeness (QED) is 0.902. The summed E-state index contributed by atoms with van der Waals surface area (Å²) in [5.74, 6) is -0.298. The lowest BCUT2D eigenvalue weighted by Crippen LogP contribution is -2.35. The highest BCUT2D eigenvalue weighted by Crippen LogP contribution is 2.25. The molecule has 2 atom stereocenters. The molecule has 0 aliphatic carbocycles. The monoisotopic (exact) mass is 283 g/mol. The topological polar surface area (TPSA) is 49.8 Å². The fraction of sp³-hybridized carbons (Fsp3) is 0.500. The van der Waals surface area contributed by atoms with Crippen LogP contribution in [0.3, 0.4) is 0 Å². The van der Waals surface area contributed by atoms with Gasteiger partial charge in [0.05, 0.1) is 10.9 Å². The van der Waals surface area contributed by atoms with Gasteiger partial charge in [-0.3, -0.25) is 9.69 Å². The van der Waals surface area contributed by atoms with E-state index in [0.29, 0.717) is 23.8 Å². The summed E-state index contributed by atoms with van der Waals surface area (Å²) in [7, 11) is 0. The van der Waals surface area contributed by atoms with Gasteiger partial charge in [0.2, 0.25) is 0 Å². The van der Waals surface area contributed by atoms with Crippen LogP contribution in [-0.4, -0.2) is 41.7 Å². The first kappa shape index (κ1) is 14.2. The van der Waals surface area contributed by atoms with Crippen LogP contribution >= 0.6 is 11.6 Å². The van der Waals surface area contributed by atoms with Crippen molar-refractivity contribution in [2.75, 3.05) is 19.7 Å². The lowest BCUT2D eigenvalue weighted by Gasteiger charge is -2.22. The number of aliphatic carboxylic acids is 1. The molecule has 1 fully saturated rings. The summed E-state index contributed by atoms with van der Waals surface area (Å²) in [6.07, 6.45) is 0.711. The number of halogens is 1. The number of carboxylic acid groups (broad SMARTS) is 1. The van der Waals surface area contributed by atoms with Crippen molar-refractivity contribution in [1.29, 1.82) is 0 Å². The van der Waals surface area contributed by atoms with Crippen molar-refractivity contribution >= 4 is 17.6 Å². The molecule has 2 rings (SSSR count). The molecule has 0 bridgehead atoms. The summed E-state index contributed by atoms with van der Waals surface area (Å²) in [5.41, 5.74) is 0.